The maximum atomic E-state index is 11.8. The number of urea groups is 1. The zero-order chi connectivity index (χ0) is 14.2. The number of aliphatic imine (C=N–C) groups is 1. The van der Waals surface area contributed by atoms with Crippen LogP contribution in [0.5, 0.6) is 0 Å². The molecule has 0 radical (unpaired) electrons. The fourth-order valence-corrected chi connectivity index (χ4v) is 2.29. The van der Waals surface area contributed by atoms with Gasteiger partial charge in [0.15, 0.2) is 0 Å². The first-order valence-corrected chi connectivity index (χ1v) is 6.35. The van der Waals surface area contributed by atoms with Gasteiger partial charge < -0.3 is 15.5 Å². The van der Waals surface area contributed by atoms with E-state index in [0.29, 0.717) is 5.84 Å². The molecule has 1 unspecified atom stereocenters. The van der Waals surface area contributed by atoms with Crippen molar-refractivity contribution in [3.8, 4) is 0 Å². The van der Waals surface area contributed by atoms with Gasteiger partial charge in [-0.15, -0.1) is 0 Å². The number of hydrogen-bond donors (Lipinski definition) is 1. The molecule has 0 saturated carbocycles. The van der Waals surface area contributed by atoms with Crippen molar-refractivity contribution in [3.05, 3.63) is 29.8 Å². The Bertz CT molecular complexity index is 505. The van der Waals surface area contributed by atoms with Crippen LogP contribution in [0.3, 0.4) is 0 Å². The molecule has 1 aromatic carbocycles. The van der Waals surface area contributed by atoms with E-state index in [9.17, 15) is 4.79 Å². The highest BCUT2D eigenvalue weighted by Crippen LogP contribution is 2.29. The summed E-state index contributed by atoms with van der Waals surface area (Å²) in [4.78, 5) is 19.5. The van der Waals surface area contributed by atoms with Gasteiger partial charge >= 0.3 is 6.03 Å². The summed E-state index contributed by atoms with van der Waals surface area (Å²) in [5, 5.41) is 0. The Morgan fingerprint density at radius 3 is 2.32 bits per heavy atom. The lowest BCUT2D eigenvalue weighted by Crippen LogP contribution is -2.38. The van der Waals surface area contributed by atoms with E-state index in [-0.39, 0.29) is 18.1 Å². The van der Waals surface area contributed by atoms with Gasteiger partial charge in [0.25, 0.3) is 0 Å². The van der Waals surface area contributed by atoms with Crippen molar-refractivity contribution in [1.29, 1.82) is 0 Å². The first kappa shape index (κ1) is 13.4. The van der Waals surface area contributed by atoms with E-state index < -0.39 is 0 Å². The van der Waals surface area contributed by atoms with E-state index in [0.717, 1.165) is 11.3 Å². The molecule has 0 bridgehead atoms. The number of carbonyl (C=O) groups is 1. The maximum absolute atomic E-state index is 11.8. The molecule has 2 amide bonds. The molecule has 2 N–H and O–H groups in total. The summed E-state index contributed by atoms with van der Waals surface area (Å²) in [5.41, 5.74) is 8.01. The van der Waals surface area contributed by atoms with Crippen LogP contribution in [0.4, 0.5) is 10.5 Å². The van der Waals surface area contributed by atoms with Crippen molar-refractivity contribution in [3.63, 3.8) is 0 Å². The van der Waals surface area contributed by atoms with Gasteiger partial charge in [-0.1, -0.05) is 12.1 Å². The predicted octanol–water partition coefficient (Wildman–Crippen LogP) is 1.99. The van der Waals surface area contributed by atoms with Crippen LogP contribution in [0, 0.1) is 0 Å². The third-order valence-corrected chi connectivity index (χ3v) is 3.29. The summed E-state index contributed by atoms with van der Waals surface area (Å²) in [7, 11) is 3.98. The summed E-state index contributed by atoms with van der Waals surface area (Å²) in [5.74, 6) is 0.372. The first-order valence-electron chi connectivity index (χ1n) is 6.35. The topological polar surface area (TPSA) is 61.9 Å². The van der Waals surface area contributed by atoms with Gasteiger partial charge in [0.2, 0.25) is 0 Å². The summed E-state index contributed by atoms with van der Waals surface area (Å²) in [6.45, 7) is 3.93. The summed E-state index contributed by atoms with van der Waals surface area (Å²) >= 11 is 0. The number of nitrogens with two attached hydrogens (primary N) is 1. The molecule has 0 fully saturated rings. The van der Waals surface area contributed by atoms with Crippen molar-refractivity contribution in [2.24, 2.45) is 10.7 Å². The molecule has 5 nitrogen and oxygen atoms in total. The smallest absolute Gasteiger partial charge is 0.346 e. The van der Waals surface area contributed by atoms with E-state index in [2.05, 4.69) is 4.99 Å². The molecule has 0 aromatic heterocycles. The maximum Gasteiger partial charge on any atom is 0.346 e. The van der Waals surface area contributed by atoms with Crippen LogP contribution >= 0.6 is 0 Å². The van der Waals surface area contributed by atoms with Crippen LogP contribution in [0.15, 0.2) is 29.3 Å². The van der Waals surface area contributed by atoms with Crippen molar-refractivity contribution in [2.45, 2.75) is 25.9 Å². The van der Waals surface area contributed by atoms with Gasteiger partial charge in [0, 0.05) is 25.8 Å². The van der Waals surface area contributed by atoms with Crippen LogP contribution in [-0.2, 0) is 0 Å². The Morgan fingerprint density at radius 1 is 1.26 bits per heavy atom. The quantitative estimate of drug-likeness (QED) is 0.904. The molecule has 1 aromatic rings. The Hall–Kier alpha value is -2.04. The van der Waals surface area contributed by atoms with Gasteiger partial charge in [0.05, 0.1) is 0 Å². The van der Waals surface area contributed by atoms with E-state index in [1.165, 1.54) is 0 Å². The van der Waals surface area contributed by atoms with Crippen molar-refractivity contribution < 1.29 is 4.79 Å². The van der Waals surface area contributed by atoms with Crippen molar-refractivity contribution in [1.82, 2.24) is 4.90 Å². The Morgan fingerprint density at radius 2 is 1.84 bits per heavy atom. The largest absolute Gasteiger partial charge is 0.385 e. The number of carbonyl (C=O) groups excluding carboxylic acids is 1. The first-order chi connectivity index (χ1) is 8.91. The van der Waals surface area contributed by atoms with E-state index in [1.807, 2.05) is 57.1 Å². The number of rotatable bonds is 3. The summed E-state index contributed by atoms with van der Waals surface area (Å²) in [6.07, 6.45) is 0. The lowest BCUT2D eigenvalue weighted by Gasteiger charge is -2.28. The van der Waals surface area contributed by atoms with Crippen molar-refractivity contribution >= 4 is 17.6 Å². The van der Waals surface area contributed by atoms with Crippen LogP contribution in [0.2, 0.25) is 0 Å². The second-order valence-electron chi connectivity index (χ2n) is 5.21. The van der Waals surface area contributed by atoms with E-state index in [4.69, 9.17) is 5.73 Å². The second kappa shape index (κ2) is 4.91. The highest BCUT2D eigenvalue weighted by Gasteiger charge is 2.36. The van der Waals surface area contributed by atoms with Crippen LogP contribution in [-0.4, -0.2) is 36.9 Å². The number of amides is 2. The summed E-state index contributed by atoms with van der Waals surface area (Å²) in [6, 6.07) is 7.59. The molecule has 1 aliphatic rings. The molecule has 1 heterocycles. The molecule has 1 atom stereocenters. The lowest BCUT2D eigenvalue weighted by molar-refractivity contribution is 0.190. The van der Waals surface area contributed by atoms with E-state index >= 15 is 0 Å². The van der Waals surface area contributed by atoms with Gasteiger partial charge in [-0.25, -0.2) is 4.79 Å². The van der Waals surface area contributed by atoms with E-state index in [1.54, 1.807) is 4.90 Å². The average molecular weight is 260 g/mol. The SMILES string of the molecule is CC(C)N1C(=O)N=C(N)C1c1ccc(N(C)C)cc1. The molecular formula is C14H20N4O. The molecule has 1 aliphatic heterocycles. The third kappa shape index (κ3) is 2.41. The molecule has 102 valence electrons. The van der Waals surface area contributed by atoms with Crippen molar-refractivity contribution in [2.75, 3.05) is 19.0 Å². The van der Waals surface area contributed by atoms with Gasteiger partial charge in [-0.2, -0.15) is 4.99 Å². The standard InChI is InChI=1S/C14H20N4O/c1-9(2)18-12(13(15)16-14(18)19)10-5-7-11(8-6-10)17(3)4/h5-9,12H,1-4H3,(H2,15,16,19). The molecule has 0 saturated heterocycles. The van der Waals surface area contributed by atoms with Gasteiger partial charge in [0.1, 0.15) is 11.9 Å². The Kier molecular flexibility index (Phi) is 3.46. The number of hydrogen-bond acceptors (Lipinski definition) is 3. The highest BCUT2D eigenvalue weighted by molar-refractivity contribution is 6.03. The minimum absolute atomic E-state index is 0.0656. The molecule has 2 rings (SSSR count). The number of nitrogens with zero attached hydrogens (tertiary/aromatic N) is 3. The minimum atomic E-state index is -0.255. The lowest BCUT2D eigenvalue weighted by atomic mass is 10.0. The predicted molar refractivity (Wildman–Crippen MR) is 77.5 cm³/mol. The van der Waals surface area contributed by atoms with Crippen LogP contribution < -0.4 is 10.6 Å². The molecule has 19 heavy (non-hydrogen) atoms. The number of benzene rings is 1. The van der Waals surface area contributed by atoms with Crippen LogP contribution in [0.1, 0.15) is 25.5 Å². The zero-order valence-electron chi connectivity index (χ0n) is 11.8. The molecular weight excluding hydrogens is 240 g/mol. The molecule has 0 spiro atoms. The Labute approximate surface area is 113 Å². The fraction of sp³-hybridized carbons (Fsp3) is 0.429. The monoisotopic (exact) mass is 260 g/mol. The molecule has 5 heteroatoms. The fourth-order valence-electron chi connectivity index (χ4n) is 2.29. The second-order valence-corrected chi connectivity index (χ2v) is 5.21. The average Bonchev–Trinajstić information content (AvgIpc) is 2.64. The number of anilines is 1. The van der Waals surface area contributed by atoms with Crippen LogP contribution in [0.25, 0.3) is 0 Å². The van der Waals surface area contributed by atoms with Gasteiger partial charge in [-0.05, 0) is 31.5 Å². The normalized spacial score (nSPS) is 19.0. The number of amidine groups is 1. The molecule has 0 aliphatic carbocycles. The summed E-state index contributed by atoms with van der Waals surface area (Å²) < 4.78 is 0. The minimum Gasteiger partial charge on any atom is -0.385 e. The highest BCUT2D eigenvalue weighted by atomic mass is 16.2. The third-order valence-electron chi connectivity index (χ3n) is 3.29. The Balaban J connectivity index is 2.34. The van der Waals surface area contributed by atoms with Gasteiger partial charge in [-0.3, -0.25) is 0 Å². The zero-order valence-corrected chi connectivity index (χ0v) is 11.8.